The Morgan fingerprint density at radius 2 is 1.55 bits per heavy atom. The number of phenolic OH excluding ortho intramolecular Hbond substituents is 1. The highest BCUT2D eigenvalue weighted by Crippen LogP contribution is 2.38. The molecular weight excluding hydrogens is 569 g/mol. The van der Waals surface area contributed by atoms with E-state index in [1.165, 1.54) is 12.1 Å². The summed E-state index contributed by atoms with van der Waals surface area (Å²) in [6, 6.07) is 19.3. The smallest absolute Gasteiger partial charge is 0.259 e. The number of benzene rings is 4. The number of hydrogen-bond donors (Lipinski definition) is 2. The monoisotopic (exact) mass is 579 g/mol. The van der Waals surface area contributed by atoms with Crippen LogP contribution in [0.2, 0.25) is 10.0 Å². The lowest BCUT2D eigenvalue weighted by atomic mass is 10.1. The lowest BCUT2D eigenvalue weighted by Gasteiger charge is -2.15. The van der Waals surface area contributed by atoms with Crippen LogP contribution in [0.1, 0.15) is 10.4 Å². The van der Waals surface area contributed by atoms with Crippen molar-refractivity contribution in [3.05, 3.63) is 91.3 Å². The van der Waals surface area contributed by atoms with Gasteiger partial charge in [-0.05, 0) is 63.8 Å². The lowest BCUT2D eigenvalue weighted by molar-refractivity contribution is 0.102. The molecule has 0 saturated carbocycles. The van der Waals surface area contributed by atoms with Crippen LogP contribution in [0.5, 0.6) is 17.2 Å². The molecule has 4 aromatic rings. The van der Waals surface area contributed by atoms with E-state index in [0.717, 1.165) is 15.2 Å². The summed E-state index contributed by atoms with van der Waals surface area (Å²) < 4.78 is 7.42. The predicted molar refractivity (Wildman–Crippen MR) is 132 cm³/mol. The summed E-state index contributed by atoms with van der Waals surface area (Å²) in [5.41, 5.74) is 0.361. The Balaban J connectivity index is 1.71. The standard InChI is InChI=1S/C23H13Br2Cl2NO3/c24-17-6-8-20(15-4-2-1-3-14(15)17)31-21-7-5-12(26)11-19(21)28-23(30)16-9-13(27)10-18(25)22(16)29/h1-11,29H,(H,28,30). The van der Waals surface area contributed by atoms with Gasteiger partial charge in [-0.1, -0.05) is 63.4 Å². The van der Waals surface area contributed by atoms with Crippen molar-refractivity contribution in [2.45, 2.75) is 0 Å². The van der Waals surface area contributed by atoms with Gasteiger partial charge in [-0.15, -0.1) is 0 Å². The molecule has 8 heteroatoms. The molecule has 0 bridgehead atoms. The van der Waals surface area contributed by atoms with Crippen molar-refractivity contribution >= 4 is 77.4 Å². The van der Waals surface area contributed by atoms with Gasteiger partial charge in [-0.25, -0.2) is 0 Å². The first kappa shape index (κ1) is 22.0. The zero-order valence-corrected chi connectivity index (χ0v) is 20.3. The van der Waals surface area contributed by atoms with Crippen LogP contribution in [0.3, 0.4) is 0 Å². The van der Waals surface area contributed by atoms with E-state index in [-0.39, 0.29) is 11.3 Å². The summed E-state index contributed by atoms with van der Waals surface area (Å²) >= 11 is 18.9. The van der Waals surface area contributed by atoms with E-state index in [2.05, 4.69) is 37.2 Å². The fourth-order valence-corrected chi connectivity index (χ4v) is 4.52. The molecule has 31 heavy (non-hydrogen) atoms. The zero-order chi connectivity index (χ0) is 22.1. The third kappa shape index (κ3) is 4.67. The number of halogens is 4. The molecule has 0 aliphatic heterocycles. The van der Waals surface area contributed by atoms with E-state index >= 15 is 0 Å². The van der Waals surface area contributed by atoms with Crippen molar-refractivity contribution in [3.8, 4) is 17.2 Å². The first-order chi connectivity index (χ1) is 14.8. The minimum atomic E-state index is -0.562. The number of aromatic hydroxyl groups is 1. The fourth-order valence-electron chi connectivity index (χ4n) is 3.06. The van der Waals surface area contributed by atoms with Crippen molar-refractivity contribution in [1.82, 2.24) is 0 Å². The number of nitrogens with one attached hydrogen (secondary N) is 1. The van der Waals surface area contributed by atoms with Crippen LogP contribution in [-0.4, -0.2) is 11.0 Å². The third-order valence-corrected chi connectivity index (χ3v) is 6.26. The van der Waals surface area contributed by atoms with Gasteiger partial charge in [0, 0.05) is 19.9 Å². The topological polar surface area (TPSA) is 58.6 Å². The summed E-state index contributed by atoms with van der Waals surface area (Å²) in [5.74, 6) is 0.231. The number of hydrogen-bond acceptors (Lipinski definition) is 3. The second kappa shape index (κ2) is 9.09. The summed E-state index contributed by atoms with van der Waals surface area (Å²) in [4.78, 5) is 12.9. The van der Waals surface area contributed by atoms with Gasteiger partial charge >= 0.3 is 0 Å². The van der Waals surface area contributed by atoms with Gasteiger partial charge < -0.3 is 15.2 Å². The molecule has 0 atom stereocenters. The number of fused-ring (bicyclic) bond motifs is 1. The van der Waals surface area contributed by atoms with Crippen LogP contribution >= 0.6 is 55.1 Å². The molecule has 0 aliphatic rings. The van der Waals surface area contributed by atoms with Crippen molar-refractivity contribution in [1.29, 1.82) is 0 Å². The second-order valence-corrected chi connectivity index (χ2v) is 9.15. The van der Waals surface area contributed by atoms with Crippen LogP contribution in [0.25, 0.3) is 10.8 Å². The minimum Gasteiger partial charge on any atom is -0.506 e. The molecular formula is C23H13Br2Cl2NO3. The number of anilines is 1. The Kier molecular flexibility index (Phi) is 6.44. The third-order valence-electron chi connectivity index (χ3n) is 4.51. The maximum atomic E-state index is 12.9. The number of ether oxygens (including phenoxy) is 1. The van der Waals surface area contributed by atoms with Crippen molar-refractivity contribution in [3.63, 3.8) is 0 Å². The molecule has 0 aliphatic carbocycles. The lowest BCUT2D eigenvalue weighted by Crippen LogP contribution is -2.13. The van der Waals surface area contributed by atoms with Gasteiger partial charge in [0.15, 0.2) is 5.75 Å². The van der Waals surface area contributed by atoms with Gasteiger partial charge in [-0.3, -0.25) is 4.79 Å². The van der Waals surface area contributed by atoms with E-state index in [0.29, 0.717) is 31.7 Å². The molecule has 1 amide bonds. The van der Waals surface area contributed by atoms with Gasteiger partial charge in [0.25, 0.3) is 5.91 Å². The molecule has 0 unspecified atom stereocenters. The summed E-state index contributed by atoms with van der Waals surface area (Å²) in [6.07, 6.45) is 0. The Morgan fingerprint density at radius 1 is 0.839 bits per heavy atom. The summed E-state index contributed by atoms with van der Waals surface area (Å²) in [6.45, 7) is 0. The van der Waals surface area contributed by atoms with Gasteiger partial charge in [0.2, 0.25) is 0 Å². The molecule has 0 fully saturated rings. The maximum absolute atomic E-state index is 12.9. The average molecular weight is 582 g/mol. The molecule has 156 valence electrons. The largest absolute Gasteiger partial charge is 0.506 e. The molecule has 4 rings (SSSR count). The zero-order valence-electron chi connectivity index (χ0n) is 15.6. The van der Waals surface area contributed by atoms with Crippen LogP contribution < -0.4 is 10.1 Å². The average Bonchev–Trinajstić information content (AvgIpc) is 2.74. The summed E-state index contributed by atoms with van der Waals surface area (Å²) in [5, 5.41) is 15.6. The van der Waals surface area contributed by atoms with Crippen molar-refractivity contribution in [2.75, 3.05) is 5.32 Å². The number of carbonyl (C=O) groups is 1. The highest BCUT2D eigenvalue weighted by Gasteiger charge is 2.18. The van der Waals surface area contributed by atoms with Crippen LogP contribution in [0.15, 0.2) is 75.7 Å². The van der Waals surface area contributed by atoms with E-state index in [4.69, 9.17) is 27.9 Å². The molecule has 4 aromatic carbocycles. The predicted octanol–water partition coefficient (Wildman–Crippen LogP) is 8.42. The molecule has 0 aromatic heterocycles. The number of rotatable bonds is 4. The van der Waals surface area contributed by atoms with Crippen molar-refractivity contribution < 1.29 is 14.6 Å². The van der Waals surface area contributed by atoms with E-state index in [1.807, 2.05) is 36.4 Å². The van der Waals surface area contributed by atoms with Gasteiger partial charge in [0.1, 0.15) is 11.5 Å². The van der Waals surface area contributed by atoms with Crippen LogP contribution in [-0.2, 0) is 0 Å². The molecule has 0 saturated heterocycles. The summed E-state index contributed by atoms with van der Waals surface area (Å²) in [7, 11) is 0. The Morgan fingerprint density at radius 3 is 2.32 bits per heavy atom. The maximum Gasteiger partial charge on any atom is 0.259 e. The number of carbonyl (C=O) groups excluding carboxylic acids is 1. The van der Waals surface area contributed by atoms with Crippen LogP contribution in [0, 0.1) is 0 Å². The normalized spacial score (nSPS) is 10.8. The Bertz CT molecular complexity index is 1330. The van der Waals surface area contributed by atoms with E-state index in [1.54, 1.807) is 18.2 Å². The quantitative estimate of drug-likeness (QED) is 0.254. The van der Waals surface area contributed by atoms with E-state index < -0.39 is 5.91 Å². The highest BCUT2D eigenvalue weighted by molar-refractivity contribution is 9.11. The molecule has 0 heterocycles. The first-order valence-corrected chi connectivity index (χ1v) is 11.3. The fraction of sp³-hybridized carbons (Fsp3) is 0. The number of phenols is 1. The van der Waals surface area contributed by atoms with Gasteiger partial charge in [0.05, 0.1) is 15.7 Å². The van der Waals surface area contributed by atoms with Crippen LogP contribution in [0.4, 0.5) is 5.69 Å². The first-order valence-electron chi connectivity index (χ1n) is 8.97. The highest BCUT2D eigenvalue weighted by atomic mass is 79.9. The Labute approximate surface area is 205 Å². The second-order valence-electron chi connectivity index (χ2n) is 6.57. The number of amides is 1. The minimum absolute atomic E-state index is 0.0133. The molecule has 0 spiro atoms. The van der Waals surface area contributed by atoms with Gasteiger partial charge in [-0.2, -0.15) is 0 Å². The van der Waals surface area contributed by atoms with Crippen molar-refractivity contribution in [2.24, 2.45) is 0 Å². The molecule has 2 N–H and O–H groups in total. The Hall–Kier alpha value is -2.25. The van der Waals surface area contributed by atoms with E-state index in [9.17, 15) is 9.90 Å². The SMILES string of the molecule is O=C(Nc1cc(Cl)ccc1Oc1ccc(Br)c2ccccc12)c1cc(Cl)cc(Br)c1O. The molecule has 4 nitrogen and oxygen atoms in total. The molecule has 0 radical (unpaired) electrons.